The second kappa shape index (κ2) is 5.20. The number of nitrogens with two attached hydrogens (primary N) is 2. The second-order valence-electron chi connectivity index (χ2n) is 5.28. The van der Waals surface area contributed by atoms with Gasteiger partial charge in [0.25, 0.3) is 0 Å². The molecule has 0 saturated carbocycles. The van der Waals surface area contributed by atoms with E-state index in [4.69, 9.17) is 11.5 Å². The third-order valence-corrected chi connectivity index (χ3v) is 2.86. The summed E-state index contributed by atoms with van der Waals surface area (Å²) in [5.74, 6) is 0.958. The summed E-state index contributed by atoms with van der Waals surface area (Å²) in [7, 11) is 0. The molecule has 1 aromatic rings. The van der Waals surface area contributed by atoms with Gasteiger partial charge in [0.2, 0.25) is 5.91 Å². The molecule has 0 unspecified atom stereocenters. The van der Waals surface area contributed by atoms with E-state index >= 15 is 0 Å². The standard InChI is InChI=1S/C12H21N5O/c1-7(2)8-9(13)16-6-17-10(8)15-5-12(3,4)11(14)18/h6-7H,5H2,1-4H3,(H2,14,18)(H3,13,15,16,17). The highest BCUT2D eigenvalue weighted by Crippen LogP contribution is 2.27. The summed E-state index contributed by atoms with van der Waals surface area (Å²) >= 11 is 0. The molecule has 0 bridgehead atoms. The number of carbonyl (C=O) groups is 1. The maximum absolute atomic E-state index is 11.3. The van der Waals surface area contributed by atoms with Crippen molar-refractivity contribution in [3.8, 4) is 0 Å². The first-order valence-electron chi connectivity index (χ1n) is 5.90. The lowest BCUT2D eigenvalue weighted by molar-refractivity contribution is -0.125. The Bertz CT molecular complexity index is 442. The first-order valence-corrected chi connectivity index (χ1v) is 5.90. The van der Waals surface area contributed by atoms with Gasteiger partial charge >= 0.3 is 0 Å². The van der Waals surface area contributed by atoms with Gasteiger partial charge in [0, 0.05) is 12.1 Å². The highest BCUT2D eigenvalue weighted by Gasteiger charge is 2.25. The molecule has 0 saturated heterocycles. The zero-order chi connectivity index (χ0) is 13.9. The fourth-order valence-corrected chi connectivity index (χ4v) is 1.51. The summed E-state index contributed by atoms with van der Waals surface area (Å²) in [6.45, 7) is 7.99. The van der Waals surface area contributed by atoms with Crippen LogP contribution in [0.4, 0.5) is 11.6 Å². The number of rotatable bonds is 5. The monoisotopic (exact) mass is 251 g/mol. The molecule has 100 valence electrons. The van der Waals surface area contributed by atoms with Crippen molar-refractivity contribution < 1.29 is 4.79 Å². The number of amides is 1. The van der Waals surface area contributed by atoms with Gasteiger partial charge in [-0.2, -0.15) is 0 Å². The quantitative estimate of drug-likeness (QED) is 0.726. The maximum atomic E-state index is 11.3. The van der Waals surface area contributed by atoms with Crippen LogP contribution in [0.5, 0.6) is 0 Å². The van der Waals surface area contributed by atoms with Crippen LogP contribution >= 0.6 is 0 Å². The molecule has 1 aromatic heterocycles. The van der Waals surface area contributed by atoms with Crippen LogP contribution in [0, 0.1) is 5.41 Å². The van der Waals surface area contributed by atoms with Crippen LogP contribution in [-0.4, -0.2) is 22.4 Å². The van der Waals surface area contributed by atoms with Crippen molar-refractivity contribution in [3.63, 3.8) is 0 Å². The Hall–Kier alpha value is -1.85. The molecular weight excluding hydrogens is 230 g/mol. The van der Waals surface area contributed by atoms with Gasteiger partial charge in [0.05, 0.1) is 5.41 Å². The highest BCUT2D eigenvalue weighted by atomic mass is 16.1. The summed E-state index contributed by atoms with van der Waals surface area (Å²) in [5, 5.41) is 3.13. The van der Waals surface area contributed by atoms with Crippen LogP contribution in [0.2, 0.25) is 0 Å². The molecule has 1 amide bonds. The Morgan fingerprint density at radius 2 is 2.06 bits per heavy atom. The first kappa shape index (κ1) is 14.2. The zero-order valence-electron chi connectivity index (χ0n) is 11.3. The molecule has 0 aliphatic heterocycles. The molecule has 0 radical (unpaired) electrons. The molecule has 0 aliphatic rings. The number of hydrogen-bond acceptors (Lipinski definition) is 5. The van der Waals surface area contributed by atoms with E-state index in [9.17, 15) is 4.79 Å². The van der Waals surface area contributed by atoms with Crippen LogP contribution in [-0.2, 0) is 4.79 Å². The third-order valence-electron chi connectivity index (χ3n) is 2.86. The van der Waals surface area contributed by atoms with Gasteiger partial charge < -0.3 is 16.8 Å². The zero-order valence-corrected chi connectivity index (χ0v) is 11.3. The largest absolute Gasteiger partial charge is 0.383 e. The van der Waals surface area contributed by atoms with Crippen molar-refractivity contribution in [1.82, 2.24) is 9.97 Å². The first-order chi connectivity index (χ1) is 8.25. The molecule has 1 heterocycles. The van der Waals surface area contributed by atoms with Gasteiger partial charge in [0.15, 0.2) is 0 Å². The number of nitrogens with zero attached hydrogens (tertiary/aromatic N) is 2. The molecule has 0 fully saturated rings. The molecule has 6 nitrogen and oxygen atoms in total. The lowest BCUT2D eigenvalue weighted by Crippen LogP contribution is -2.37. The van der Waals surface area contributed by atoms with Gasteiger partial charge in [-0.3, -0.25) is 4.79 Å². The van der Waals surface area contributed by atoms with E-state index < -0.39 is 5.41 Å². The Kier molecular flexibility index (Phi) is 4.11. The number of anilines is 2. The van der Waals surface area contributed by atoms with E-state index in [1.807, 2.05) is 13.8 Å². The van der Waals surface area contributed by atoms with Crippen LogP contribution < -0.4 is 16.8 Å². The van der Waals surface area contributed by atoms with E-state index in [0.29, 0.717) is 18.2 Å². The van der Waals surface area contributed by atoms with Gasteiger partial charge in [-0.05, 0) is 19.8 Å². The van der Waals surface area contributed by atoms with E-state index in [1.54, 1.807) is 13.8 Å². The van der Waals surface area contributed by atoms with Crippen molar-refractivity contribution in [2.75, 3.05) is 17.6 Å². The molecule has 0 spiro atoms. The Morgan fingerprint density at radius 1 is 1.44 bits per heavy atom. The number of hydrogen-bond donors (Lipinski definition) is 3. The average molecular weight is 251 g/mol. The Morgan fingerprint density at radius 3 is 2.56 bits per heavy atom. The van der Waals surface area contributed by atoms with Gasteiger partial charge in [-0.25, -0.2) is 9.97 Å². The van der Waals surface area contributed by atoms with Crippen molar-refractivity contribution in [2.45, 2.75) is 33.6 Å². The van der Waals surface area contributed by atoms with E-state index in [0.717, 1.165) is 5.56 Å². The maximum Gasteiger partial charge on any atom is 0.224 e. The van der Waals surface area contributed by atoms with E-state index in [2.05, 4.69) is 15.3 Å². The lowest BCUT2D eigenvalue weighted by atomic mass is 9.92. The molecule has 0 aromatic carbocycles. The van der Waals surface area contributed by atoms with Gasteiger partial charge in [-0.1, -0.05) is 13.8 Å². The predicted octanol–water partition coefficient (Wildman–Crippen LogP) is 1.11. The third kappa shape index (κ3) is 3.09. The summed E-state index contributed by atoms with van der Waals surface area (Å²) < 4.78 is 0. The molecule has 18 heavy (non-hydrogen) atoms. The minimum absolute atomic E-state index is 0.199. The van der Waals surface area contributed by atoms with Gasteiger partial charge in [0.1, 0.15) is 18.0 Å². The fourth-order valence-electron chi connectivity index (χ4n) is 1.51. The normalized spacial score (nSPS) is 11.6. The van der Waals surface area contributed by atoms with Crippen LogP contribution in [0.25, 0.3) is 0 Å². The SMILES string of the molecule is CC(C)c1c(N)ncnc1NCC(C)(C)C(N)=O. The number of nitrogens with one attached hydrogen (secondary N) is 1. The minimum atomic E-state index is -0.645. The summed E-state index contributed by atoms with van der Waals surface area (Å²) in [6, 6.07) is 0. The summed E-state index contributed by atoms with van der Waals surface area (Å²) in [5.41, 5.74) is 11.4. The van der Waals surface area contributed by atoms with Crippen LogP contribution in [0.3, 0.4) is 0 Å². The van der Waals surface area contributed by atoms with Crippen molar-refractivity contribution in [3.05, 3.63) is 11.9 Å². The van der Waals surface area contributed by atoms with Crippen molar-refractivity contribution in [1.29, 1.82) is 0 Å². The Balaban J connectivity index is 2.92. The number of nitrogen functional groups attached to an aromatic ring is 1. The van der Waals surface area contributed by atoms with Crippen molar-refractivity contribution >= 4 is 17.5 Å². The summed E-state index contributed by atoms with van der Waals surface area (Å²) in [4.78, 5) is 19.4. The smallest absolute Gasteiger partial charge is 0.224 e. The summed E-state index contributed by atoms with van der Waals surface area (Å²) in [6.07, 6.45) is 1.40. The van der Waals surface area contributed by atoms with Crippen molar-refractivity contribution in [2.24, 2.45) is 11.1 Å². The van der Waals surface area contributed by atoms with E-state index in [1.165, 1.54) is 6.33 Å². The molecule has 1 rings (SSSR count). The second-order valence-corrected chi connectivity index (χ2v) is 5.28. The fraction of sp³-hybridized carbons (Fsp3) is 0.583. The molecule has 0 atom stereocenters. The molecule has 5 N–H and O–H groups in total. The van der Waals surface area contributed by atoms with Gasteiger partial charge in [-0.15, -0.1) is 0 Å². The van der Waals surface area contributed by atoms with E-state index in [-0.39, 0.29) is 11.8 Å². The number of aromatic nitrogens is 2. The highest BCUT2D eigenvalue weighted by molar-refractivity contribution is 5.80. The Labute approximate surface area is 107 Å². The predicted molar refractivity (Wildman–Crippen MR) is 72.0 cm³/mol. The number of primary amides is 1. The molecule has 0 aliphatic carbocycles. The topological polar surface area (TPSA) is 107 Å². The lowest BCUT2D eigenvalue weighted by Gasteiger charge is -2.23. The van der Waals surface area contributed by atoms with Crippen LogP contribution in [0.15, 0.2) is 6.33 Å². The average Bonchev–Trinajstić information content (AvgIpc) is 2.25. The molecular formula is C12H21N5O. The van der Waals surface area contributed by atoms with Crippen LogP contribution in [0.1, 0.15) is 39.2 Å². The minimum Gasteiger partial charge on any atom is -0.383 e. The number of carbonyl (C=O) groups excluding carboxylic acids is 1. The molecule has 6 heteroatoms.